The zero-order valence-corrected chi connectivity index (χ0v) is 22.8. The molecule has 10 heteroatoms. The van der Waals surface area contributed by atoms with E-state index in [0.717, 1.165) is 46.8 Å². The van der Waals surface area contributed by atoms with Gasteiger partial charge in [0.1, 0.15) is 11.6 Å². The number of nitrogens with one attached hydrogen (secondary N) is 2. The van der Waals surface area contributed by atoms with Crippen LogP contribution in [0.5, 0.6) is 5.75 Å². The molecule has 0 saturated heterocycles. The Morgan fingerprint density at radius 3 is 2.47 bits per heavy atom. The Balaban J connectivity index is 0.00000115. The minimum absolute atomic E-state index is 0.0944. The second-order valence-corrected chi connectivity index (χ2v) is 10.2. The third-order valence-corrected chi connectivity index (χ3v) is 7.44. The molecular formula is C26H39N5O4S. The molecule has 198 valence electrons. The van der Waals surface area contributed by atoms with Crippen molar-refractivity contribution in [1.29, 1.82) is 0 Å². The first-order valence-corrected chi connectivity index (χ1v) is 13.6. The van der Waals surface area contributed by atoms with Crippen LogP contribution in [-0.2, 0) is 18.1 Å². The van der Waals surface area contributed by atoms with Crippen molar-refractivity contribution in [3.05, 3.63) is 23.5 Å². The summed E-state index contributed by atoms with van der Waals surface area (Å²) in [6, 6.07) is 2.35. The topological polar surface area (TPSA) is 115 Å². The van der Waals surface area contributed by atoms with Crippen LogP contribution in [-0.4, -0.2) is 48.8 Å². The molecule has 4 rings (SSSR count). The Morgan fingerprint density at radius 2 is 1.89 bits per heavy atom. The third-order valence-electron chi connectivity index (χ3n) is 7.44. The second kappa shape index (κ2) is 13.0. The highest BCUT2D eigenvalue weighted by Gasteiger charge is 2.29. The van der Waals surface area contributed by atoms with Gasteiger partial charge in [0.15, 0.2) is 5.69 Å². The first kappa shape index (κ1) is 27.8. The molecule has 0 unspecified atom stereocenters. The maximum absolute atomic E-state index is 13.0. The maximum atomic E-state index is 13.0. The summed E-state index contributed by atoms with van der Waals surface area (Å²) in [7, 11) is 1.67. The van der Waals surface area contributed by atoms with Crippen LogP contribution in [0.15, 0.2) is 12.3 Å². The predicted molar refractivity (Wildman–Crippen MR) is 141 cm³/mol. The van der Waals surface area contributed by atoms with Gasteiger partial charge < -0.3 is 15.4 Å². The number of amides is 1. The summed E-state index contributed by atoms with van der Waals surface area (Å²) < 4.78 is 24.2. The average Bonchev–Trinajstić information content (AvgIpc) is 3.67. The van der Waals surface area contributed by atoms with Crippen molar-refractivity contribution >= 4 is 23.3 Å². The molecule has 9 nitrogen and oxygen atoms in total. The monoisotopic (exact) mass is 517 g/mol. The standard InChI is InChI=1S/C26H39N5O2.O2S/c1-6-31-25(21-15-27-23(13-22(21)33-5)29-18(4)20-11-12-20)17(3)24(30-31)26(32)28-14-19-9-7-16(2)8-10-19;1-3-2/h13,15-16,18-20H,6-12,14H2,1-5H3,(H,27,29)(H,28,32);/t16?,18-,19?;/m0./s1. The summed E-state index contributed by atoms with van der Waals surface area (Å²) >= 11 is -0.750. The molecule has 1 amide bonds. The molecular weight excluding hydrogens is 478 g/mol. The third kappa shape index (κ3) is 6.93. The van der Waals surface area contributed by atoms with Crippen LogP contribution in [0.25, 0.3) is 11.3 Å². The van der Waals surface area contributed by atoms with Gasteiger partial charge in [0.2, 0.25) is 0 Å². The molecule has 2 aliphatic rings. The first-order valence-electron chi connectivity index (χ1n) is 12.9. The Hall–Kier alpha value is -2.75. The number of methoxy groups -OCH3 is 1. The molecule has 36 heavy (non-hydrogen) atoms. The van der Waals surface area contributed by atoms with Crippen LogP contribution in [0.3, 0.4) is 0 Å². The number of anilines is 1. The van der Waals surface area contributed by atoms with Crippen molar-refractivity contribution < 1.29 is 17.9 Å². The zero-order valence-electron chi connectivity index (χ0n) is 22.0. The van der Waals surface area contributed by atoms with Gasteiger partial charge in [0.05, 0.1) is 18.4 Å². The molecule has 0 bridgehead atoms. The van der Waals surface area contributed by atoms with Gasteiger partial charge in [-0.05, 0) is 64.2 Å². The van der Waals surface area contributed by atoms with Gasteiger partial charge in [-0.3, -0.25) is 9.48 Å². The number of carbonyl (C=O) groups is 1. The van der Waals surface area contributed by atoms with E-state index in [1.54, 1.807) is 7.11 Å². The molecule has 2 saturated carbocycles. The van der Waals surface area contributed by atoms with E-state index in [1.807, 2.05) is 30.8 Å². The van der Waals surface area contributed by atoms with E-state index in [-0.39, 0.29) is 5.91 Å². The van der Waals surface area contributed by atoms with Crippen LogP contribution >= 0.6 is 0 Å². The van der Waals surface area contributed by atoms with Crippen LogP contribution < -0.4 is 15.4 Å². The average molecular weight is 518 g/mol. The van der Waals surface area contributed by atoms with E-state index in [9.17, 15) is 4.79 Å². The zero-order chi connectivity index (χ0) is 26.2. The smallest absolute Gasteiger partial charge is 0.335 e. The molecule has 2 aliphatic carbocycles. The first-order chi connectivity index (χ1) is 17.3. The van der Waals surface area contributed by atoms with E-state index in [0.29, 0.717) is 24.2 Å². The molecule has 2 heterocycles. The fourth-order valence-electron chi connectivity index (χ4n) is 5.00. The largest absolute Gasteiger partial charge is 0.496 e. The van der Waals surface area contributed by atoms with Crippen molar-refractivity contribution in [1.82, 2.24) is 20.1 Å². The fraction of sp³-hybridized carbons (Fsp3) is 0.654. The highest BCUT2D eigenvalue weighted by molar-refractivity contribution is 7.51. The van der Waals surface area contributed by atoms with E-state index >= 15 is 0 Å². The van der Waals surface area contributed by atoms with E-state index in [2.05, 4.69) is 34.6 Å². The van der Waals surface area contributed by atoms with Crippen molar-refractivity contribution in [3.8, 4) is 17.0 Å². The highest BCUT2D eigenvalue weighted by Crippen LogP contribution is 2.37. The minimum atomic E-state index is -0.750. The number of hydrogen-bond donors (Lipinski definition) is 2. The van der Waals surface area contributed by atoms with Gasteiger partial charge in [0.25, 0.3) is 5.91 Å². The van der Waals surface area contributed by atoms with Crippen molar-refractivity contribution in [2.45, 2.75) is 78.8 Å². The molecule has 0 aromatic carbocycles. The molecule has 2 aromatic rings. The number of pyridine rings is 1. The summed E-state index contributed by atoms with van der Waals surface area (Å²) in [5.41, 5.74) is 3.09. The van der Waals surface area contributed by atoms with Gasteiger partial charge in [-0.1, -0.05) is 19.8 Å². The normalized spacial score (nSPS) is 20.0. The number of nitrogens with zero attached hydrogens (tertiary/aromatic N) is 3. The number of carbonyl (C=O) groups excluding carboxylic acids is 1. The van der Waals surface area contributed by atoms with Crippen LogP contribution in [0.4, 0.5) is 5.82 Å². The molecule has 2 fully saturated rings. The van der Waals surface area contributed by atoms with E-state index in [4.69, 9.17) is 13.2 Å². The minimum Gasteiger partial charge on any atom is -0.496 e. The van der Waals surface area contributed by atoms with Crippen LogP contribution in [0.1, 0.15) is 75.3 Å². The summed E-state index contributed by atoms with van der Waals surface area (Å²) in [5, 5.41) is 11.3. The van der Waals surface area contributed by atoms with Crippen molar-refractivity contribution in [3.63, 3.8) is 0 Å². The molecule has 0 radical (unpaired) electrons. The van der Waals surface area contributed by atoms with Gasteiger partial charge in [-0.2, -0.15) is 13.5 Å². The Kier molecular flexibility index (Phi) is 10.0. The molecule has 1 atom stereocenters. The summed E-state index contributed by atoms with van der Waals surface area (Å²) in [5.74, 6) is 3.57. The SMILES string of the molecule is CCn1nc(C(=O)NCC2CCC(C)CC2)c(C)c1-c1cnc(N[C@@H](C)C2CC2)cc1OC.O=S=O. The van der Waals surface area contributed by atoms with Gasteiger partial charge in [-0.15, -0.1) is 0 Å². The molecule has 0 aliphatic heterocycles. The Morgan fingerprint density at radius 1 is 1.22 bits per heavy atom. The number of aryl methyl sites for hydroxylation is 1. The van der Waals surface area contributed by atoms with Gasteiger partial charge in [-0.25, -0.2) is 4.98 Å². The lowest BCUT2D eigenvalue weighted by Gasteiger charge is -2.26. The Bertz CT molecular complexity index is 1070. The van der Waals surface area contributed by atoms with E-state index < -0.39 is 11.6 Å². The highest BCUT2D eigenvalue weighted by atomic mass is 32.1. The maximum Gasteiger partial charge on any atom is 0.335 e. The molecule has 0 spiro atoms. The summed E-state index contributed by atoms with van der Waals surface area (Å²) in [4.78, 5) is 17.7. The van der Waals surface area contributed by atoms with Gasteiger partial charge >= 0.3 is 11.6 Å². The summed E-state index contributed by atoms with van der Waals surface area (Å²) in [6.07, 6.45) is 9.29. The number of hydrogen-bond acceptors (Lipinski definition) is 7. The van der Waals surface area contributed by atoms with Crippen molar-refractivity contribution in [2.75, 3.05) is 19.0 Å². The summed E-state index contributed by atoms with van der Waals surface area (Å²) in [6.45, 7) is 9.90. The second-order valence-electron chi connectivity index (χ2n) is 10.1. The predicted octanol–water partition coefficient (Wildman–Crippen LogP) is 4.38. The van der Waals surface area contributed by atoms with Crippen molar-refractivity contribution in [2.24, 2.45) is 17.8 Å². The lowest BCUT2D eigenvalue weighted by atomic mass is 9.83. The Labute approximate surface area is 217 Å². The van der Waals surface area contributed by atoms with Gasteiger partial charge in [0, 0.05) is 37.0 Å². The van der Waals surface area contributed by atoms with Crippen LogP contribution in [0, 0.1) is 24.7 Å². The number of ether oxygens (including phenoxy) is 1. The lowest BCUT2D eigenvalue weighted by Crippen LogP contribution is -2.31. The quantitative estimate of drug-likeness (QED) is 0.507. The number of rotatable bonds is 9. The molecule has 2 N–H and O–H groups in total. The number of aromatic nitrogens is 3. The lowest BCUT2D eigenvalue weighted by molar-refractivity contribution is 0.0935. The molecule has 2 aromatic heterocycles. The fourth-order valence-corrected chi connectivity index (χ4v) is 5.00. The van der Waals surface area contributed by atoms with Crippen LogP contribution in [0.2, 0.25) is 0 Å². The van der Waals surface area contributed by atoms with E-state index in [1.165, 1.54) is 38.5 Å².